The molecule has 3 rings (SSSR count). The first-order chi connectivity index (χ1) is 10.2. The van der Waals surface area contributed by atoms with Gasteiger partial charge in [0.1, 0.15) is 5.75 Å². The summed E-state index contributed by atoms with van der Waals surface area (Å²) in [6.45, 7) is 0.653. The van der Waals surface area contributed by atoms with E-state index in [2.05, 4.69) is 4.98 Å². The summed E-state index contributed by atoms with van der Waals surface area (Å²) in [5.74, 6) is 0.492. The molecule has 21 heavy (non-hydrogen) atoms. The first-order valence-electron chi connectivity index (χ1n) is 7.43. The molecular formula is C17H19NO3. The second-order valence-electron chi connectivity index (χ2n) is 5.69. The van der Waals surface area contributed by atoms with Crippen LogP contribution in [0.5, 0.6) is 5.75 Å². The molecule has 110 valence electrons. The molecule has 1 aliphatic carbocycles. The number of nitrogens with zero attached hydrogens (tertiary/aromatic N) is 1. The van der Waals surface area contributed by atoms with Gasteiger partial charge in [0, 0.05) is 11.6 Å². The van der Waals surface area contributed by atoms with Crippen molar-refractivity contribution in [3.05, 3.63) is 36.5 Å². The van der Waals surface area contributed by atoms with Crippen LogP contribution in [0.4, 0.5) is 0 Å². The molecule has 0 unspecified atom stereocenters. The van der Waals surface area contributed by atoms with Gasteiger partial charge in [-0.2, -0.15) is 0 Å². The maximum Gasteiger partial charge on any atom is 0.306 e. The monoisotopic (exact) mass is 285 g/mol. The van der Waals surface area contributed by atoms with E-state index in [1.165, 1.54) is 0 Å². The van der Waals surface area contributed by atoms with Crippen LogP contribution in [-0.4, -0.2) is 22.7 Å². The van der Waals surface area contributed by atoms with Crippen LogP contribution in [0.1, 0.15) is 25.7 Å². The molecule has 1 heterocycles. The number of benzene rings is 1. The number of ether oxygens (including phenoxy) is 1. The van der Waals surface area contributed by atoms with Crippen molar-refractivity contribution in [1.29, 1.82) is 0 Å². The summed E-state index contributed by atoms with van der Waals surface area (Å²) in [7, 11) is 0. The molecule has 1 aromatic carbocycles. The Bertz CT molecular complexity index is 627. The first kappa shape index (κ1) is 13.9. The van der Waals surface area contributed by atoms with Gasteiger partial charge in [-0.25, -0.2) is 0 Å². The van der Waals surface area contributed by atoms with Gasteiger partial charge in [-0.05, 0) is 49.8 Å². The molecule has 0 spiro atoms. The number of carboxylic acid groups (broad SMARTS) is 1. The molecule has 1 aromatic heterocycles. The average Bonchev–Trinajstić information content (AvgIpc) is 2.53. The zero-order valence-electron chi connectivity index (χ0n) is 11.9. The van der Waals surface area contributed by atoms with Crippen LogP contribution < -0.4 is 4.74 Å². The van der Waals surface area contributed by atoms with Crippen LogP contribution in [0.2, 0.25) is 0 Å². The van der Waals surface area contributed by atoms with Crippen molar-refractivity contribution in [1.82, 2.24) is 4.98 Å². The van der Waals surface area contributed by atoms with Crippen molar-refractivity contribution >= 4 is 16.9 Å². The average molecular weight is 285 g/mol. The number of aliphatic carboxylic acids is 1. The molecule has 1 saturated carbocycles. The van der Waals surface area contributed by atoms with E-state index >= 15 is 0 Å². The lowest BCUT2D eigenvalue weighted by atomic mass is 9.82. The first-order valence-corrected chi connectivity index (χ1v) is 7.43. The van der Waals surface area contributed by atoms with Crippen LogP contribution in [0.15, 0.2) is 36.5 Å². The summed E-state index contributed by atoms with van der Waals surface area (Å²) < 4.78 is 5.97. The highest BCUT2D eigenvalue weighted by atomic mass is 16.5. The number of rotatable bonds is 4. The summed E-state index contributed by atoms with van der Waals surface area (Å²) in [6, 6.07) is 9.83. The fraction of sp³-hybridized carbons (Fsp3) is 0.412. The number of hydrogen-bond donors (Lipinski definition) is 1. The minimum Gasteiger partial charge on any atom is -0.493 e. The number of para-hydroxylation sites is 1. The quantitative estimate of drug-likeness (QED) is 0.934. The number of pyridine rings is 1. The van der Waals surface area contributed by atoms with Crippen molar-refractivity contribution in [2.75, 3.05) is 6.61 Å². The SMILES string of the molecule is O=C(O)C1CCC(COc2ccnc3ccccc23)CC1. The van der Waals surface area contributed by atoms with Crippen LogP contribution in [0, 0.1) is 11.8 Å². The van der Waals surface area contributed by atoms with Crippen LogP contribution >= 0.6 is 0 Å². The van der Waals surface area contributed by atoms with Crippen LogP contribution in [0.25, 0.3) is 10.9 Å². The highest BCUT2D eigenvalue weighted by molar-refractivity contribution is 5.84. The Balaban J connectivity index is 1.61. The maximum absolute atomic E-state index is 10.9. The largest absolute Gasteiger partial charge is 0.493 e. The van der Waals surface area contributed by atoms with Crippen LogP contribution in [0.3, 0.4) is 0 Å². The molecule has 0 bridgehead atoms. The zero-order valence-corrected chi connectivity index (χ0v) is 11.9. The highest BCUT2D eigenvalue weighted by Gasteiger charge is 2.26. The predicted molar refractivity (Wildman–Crippen MR) is 80.3 cm³/mol. The van der Waals surface area contributed by atoms with E-state index in [-0.39, 0.29) is 5.92 Å². The minimum absolute atomic E-state index is 0.164. The summed E-state index contributed by atoms with van der Waals surface area (Å²) in [4.78, 5) is 15.3. The van der Waals surface area contributed by atoms with Gasteiger partial charge in [-0.1, -0.05) is 12.1 Å². The van der Waals surface area contributed by atoms with Crippen LogP contribution in [-0.2, 0) is 4.79 Å². The topological polar surface area (TPSA) is 59.4 Å². The van der Waals surface area contributed by atoms with Crippen molar-refractivity contribution in [3.63, 3.8) is 0 Å². The maximum atomic E-state index is 10.9. The van der Waals surface area contributed by atoms with Gasteiger partial charge < -0.3 is 9.84 Å². The molecule has 0 amide bonds. The lowest BCUT2D eigenvalue weighted by molar-refractivity contribution is -0.143. The smallest absolute Gasteiger partial charge is 0.306 e. The van der Waals surface area contributed by atoms with E-state index in [1.807, 2.05) is 30.3 Å². The molecular weight excluding hydrogens is 266 g/mol. The Kier molecular flexibility index (Phi) is 4.04. The Morgan fingerprint density at radius 2 is 1.95 bits per heavy atom. The summed E-state index contributed by atoms with van der Waals surface area (Å²) in [5, 5.41) is 10.0. The molecule has 1 aliphatic rings. The molecule has 0 atom stereocenters. The Labute approximate surface area is 123 Å². The van der Waals surface area contributed by atoms with Gasteiger partial charge >= 0.3 is 5.97 Å². The Hall–Kier alpha value is -2.10. The van der Waals surface area contributed by atoms with E-state index in [9.17, 15) is 4.79 Å². The van der Waals surface area contributed by atoms with Crippen molar-refractivity contribution in [2.24, 2.45) is 11.8 Å². The van der Waals surface area contributed by atoms with Gasteiger partial charge in [-0.3, -0.25) is 9.78 Å². The van der Waals surface area contributed by atoms with E-state index in [4.69, 9.17) is 9.84 Å². The Morgan fingerprint density at radius 3 is 2.71 bits per heavy atom. The lowest BCUT2D eigenvalue weighted by Crippen LogP contribution is -2.24. The lowest BCUT2D eigenvalue weighted by Gasteiger charge is -2.26. The highest BCUT2D eigenvalue weighted by Crippen LogP contribution is 2.30. The zero-order chi connectivity index (χ0) is 14.7. The van der Waals surface area contributed by atoms with Crippen molar-refractivity contribution in [2.45, 2.75) is 25.7 Å². The van der Waals surface area contributed by atoms with Crippen molar-refractivity contribution < 1.29 is 14.6 Å². The Morgan fingerprint density at radius 1 is 1.19 bits per heavy atom. The summed E-state index contributed by atoms with van der Waals surface area (Å²) >= 11 is 0. The summed E-state index contributed by atoms with van der Waals surface area (Å²) in [6.07, 6.45) is 5.15. The third kappa shape index (κ3) is 3.15. The van der Waals surface area contributed by atoms with E-state index in [0.717, 1.165) is 42.3 Å². The number of carbonyl (C=O) groups is 1. The molecule has 0 saturated heterocycles. The molecule has 1 fully saturated rings. The molecule has 0 aliphatic heterocycles. The second kappa shape index (κ2) is 6.12. The van der Waals surface area contributed by atoms with Gasteiger partial charge in [-0.15, -0.1) is 0 Å². The van der Waals surface area contributed by atoms with E-state index in [1.54, 1.807) is 6.20 Å². The standard InChI is InChI=1S/C17H19NO3/c19-17(20)13-7-5-12(6-8-13)11-21-16-9-10-18-15-4-2-1-3-14(15)16/h1-4,9-10,12-13H,5-8,11H2,(H,19,20). The third-order valence-electron chi connectivity index (χ3n) is 4.28. The van der Waals surface area contributed by atoms with E-state index < -0.39 is 5.97 Å². The van der Waals surface area contributed by atoms with Gasteiger partial charge in [0.2, 0.25) is 0 Å². The molecule has 1 N–H and O–H groups in total. The third-order valence-corrected chi connectivity index (χ3v) is 4.28. The number of fused-ring (bicyclic) bond motifs is 1. The summed E-state index contributed by atoms with van der Waals surface area (Å²) in [5.41, 5.74) is 0.935. The van der Waals surface area contributed by atoms with Gasteiger partial charge in [0.15, 0.2) is 0 Å². The van der Waals surface area contributed by atoms with E-state index in [0.29, 0.717) is 12.5 Å². The minimum atomic E-state index is -0.658. The molecule has 2 aromatic rings. The fourth-order valence-corrected chi connectivity index (χ4v) is 2.98. The molecule has 4 nitrogen and oxygen atoms in total. The number of hydrogen-bond acceptors (Lipinski definition) is 3. The van der Waals surface area contributed by atoms with Gasteiger partial charge in [0.25, 0.3) is 0 Å². The van der Waals surface area contributed by atoms with Crippen molar-refractivity contribution in [3.8, 4) is 5.75 Å². The fourth-order valence-electron chi connectivity index (χ4n) is 2.98. The molecule has 4 heteroatoms. The van der Waals surface area contributed by atoms with Gasteiger partial charge in [0.05, 0.1) is 18.0 Å². The molecule has 0 radical (unpaired) electrons. The predicted octanol–water partition coefficient (Wildman–Crippen LogP) is 3.50. The number of carboxylic acids is 1. The second-order valence-corrected chi connectivity index (χ2v) is 5.69. The normalized spacial score (nSPS) is 22.1. The number of aromatic nitrogens is 1.